The Morgan fingerprint density at radius 3 is 1.49 bits per heavy atom. The molecule has 2 unspecified atom stereocenters. The number of hydrogen-bond donors (Lipinski definition) is 1. The number of carbonyl (C=O) groups excluding carboxylic acids is 2. The van der Waals surface area contributed by atoms with E-state index in [1.54, 1.807) is 0 Å². The van der Waals surface area contributed by atoms with Crippen molar-refractivity contribution in [1.82, 2.24) is 0 Å². The number of allylic oxidation sites excluding steroid dienone is 6. The number of carboxylic acid groups (broad SMARTS) is 1. The van der Waals surface area contributed by atoms with Crippen molar-refractivity contribution >= 4 is 17.9 Å². The van der Waals surface area contributed by atoms with Gasteiger partial charge < -0.3 is 23.8 Å². The van der Waals surface area contributed by atoms with Crippen molar-refractivity contribution in [3.63, 3.8) is 0 Å². The van der Waals surface area contributed by atoms with Crippen molar-refractivity contribution in [2.75, 3.05) is 41.0 Å². The number of ether oxygens (including phenoxy) is 3. The van der Waals surface area contributed by atoms with Crippen LogP contribution < -0.4 is 0 Å². The van der Waals surface area contributed by atoms with Gasteiger partial charge in [-0.1, -0.05) is 179 Å². The molecule has 0 spiro atoms. The molecule has 0 rings (SSSR count). The molecular weight excluding hydrogens is 691 g/mol. The van der Waals surface area contributed by atoms with Gasteiger partial charge in [0.25, 0.3) is 0 Å². The Labute approximate surface area is 338 Å². The van der Waals surface area contributed by atoms with Crippen LogP contribution in [-0.4, -0.2) is 80.6 Å². The first kappa shape index (κ1) is 52.6. The Morgan fingerprint density at radius 1 is 0.564 bits per heavy atom. The van der Waals surface area contributed by atoms with Gasteiger partial charge >= 0.3 is 17.9 Å². The summed E-state index contributed by atoms with van der Waals surface area (Å²) in [6.07, 6.45) is 43.2. The van der Waals surface area contributed by atoms with E-state index in [4.69, 9.17) is 14.2 Å². The highest BCUT2D eigenvalue weighted by molar-refractivity contribution is 5.72. The summed E-state index contributed by atoms with van der Waals surface area (Å²) in [5.41, 5.74) is 0. The summed E-state index contributed by atoms with van der Waals surface area (Å²) in [6, 6.07) is -0.614. The van der Waals surface area contributed by atoms with E-state index in [1.807, 2.05) is 21.1 Å². The van der Waals surface area contributed by atoms with E-state index in [0.29, 0.717) is 19.3 Å². The van der Waals surface area contributed by atoms with Crippen LogP contribution in [0.4, 0.5) is 0 Å². The van der Waals surface area contributed by atoms with Crippen molar-refractivity contribution in [3.8, 4) is 0 Å². The summed E-state index contributed by atoms with van der Waals surface area (Å²) in [7, 11) is 5.53. The van der Waals surface area contributed by atoms with Crippen molar-refractivity contribution in [3.05, 3.63) is 36.5 Å². The van der Waals surface area contributed by atoms with Crippen LogP contribution >= 0.6 is 0 Å². The maximum Gasteiger partial charge on any atom is 0.362 e. The molecule has 0 radical (unpaired) electrons. The second-order valence-corrected chi connectivity index (χ2v) is 16.3. The maximum atomic E-state index is 12.7. The normalized spacial score (nSPS) is 13.3. The van der Waals surface area contributed by atoms with Crippen LogP contribution in [0.2, 0.25) is 0 Å². The predicted molar refractivity (Wildman–Crippen MR) is 229 cm³/mol. The lowest BCUT2D eigenvalue weighted by Crippen LogP contribution is -2.50. The van der Waals surface area contributed by atoms with Crippen molar-refractivity contribution in [2.24, 2.45) is 0 Å². The molecule has 8 nitrogen and oxygen atoms in total. The molecule has 0 aromatic rings. The highest BCUT2D eigenvalue weighted by Crippen LogP contribution is 2.15. The van der Waals surface area contributed by atoms with Gasteiger partial charge in [-0.05, 0) is 32.1 Å². The first-order chi connectivity index (χ1) is 26.6. The summed E-state index contributed by atoms with van der Waals surface area (Å²) in [6.45, 7) is 4.61. The molecule has 0 aliphatic carbocycles. The van der Waals surface area contributed by atoms with E-state index in [1.165, 1.54) is 109 Å². The molecule has 8 heteroatoms. The third kappa shape index (κ3) is 36.9. The van der Waals surface area contributed by atoms with Gasteiger partial charge in [-0.2, -0.15) is 0 Å². The third-order valence-corrected chi connectivity index (χ3v) is 10.1. The van der Waals surface area contributed by atoms with Gasteiger partial charge in [0, 0.05) is 19.3 Å². The molecule has 0 saturated carbocycles. The molecule has 1 N–H and O–H groups in total. The van der Waals surface area contributed by atoms with Gasteiger partial charge in [-0.25, -0.2) is 4.79 Å². The highest BCUT2D eigenvalue weighted by atomic mass is 16.6. The van der Waals surface area contributed by atoms with Crippen LogP contribution in [0, 0.1) is 0 Å². The van der Waals surface area contributed by atoms with Gasteiger partial charge in [0.15, 0.2) is 12.1 Å². The van der Waals surface area contributed by atoms with E-state index >= 15 is 0 Å². The fourth-order valence-corrected chi connectivity index (χ4v) is 6.62. The monoisotopic (exact) mass is 777 g/mol. The Balaban J connectivity index is 4.32. The number of hydrogen-bond acceptors (Lipinski definition) is 6. The summed E-state index contributed by atoms with van der Waals surface area (Å²) in [4.78, 5) is 37.0. The number of esters is 2. The average molecular weight is 777 g/mol. The zero-order valence-electron chi connectivity index (χ0n) is 36.4. The molecule has 0 bridgehead atoms. The third-order valence-electron chi connectivity index (χ3n) is 10.1. The number of nitrogens with zero attached hydrogens (tertiary/aromatic N) is 1. The number of aliphatic carboxylic acids is 1. The van der Waals surface area contributed by atoms with Gasteiger partial charge in [0.1, 0.15) is 6.61 Å². The molecule has 2 atom stereocenters. The zero-order valence-corrected chi connectivity index (χ0v) is 36.4. The molecule has 0 aromatic heterocycles. The number of quaternary nitrogens is 1. The van der Waals surface area contributed by atoms with E-state index < -0.39 is 18.1 Å². The van der Waals surface area contributed by atoms with Crippen molar-refractivity contribution < 1.29 is 38.2 Å². The molecule has 320 valence electrons. The summed E-state index contributed by atoms with van der Waals surface area (Å²) in [5.74, 6) is -1.47. The van der Waals surface area contributed by atoms with Gasteiger partial charge in [0.05, 0.1) is 34.4 Å². The van der Waals surface area contributed by atoms with Crippen LogP contribution in [0.5, 0.6) is 0 Å². The maximum absolute atomic E-state index is 12.7. The van der Waals surface area contributed by atoms with Crippen LogP contribution in [0.3, 0.4) is 0 Å². The minimum Gasteiger partial charge on any atom is -0.477 e. The van der Waals surface area contributed by atoms with E-state index in [9.17, 15) is 19.5 Å². The minimum absolute atomic E-state index is 0.0547. The van der Waals surface area contributed by atoms with Gasteiger partial charge in [-0.15, -0.1) is 0 Å². The minimum atomic E-state index is -0.876. The lowest BCUT2D eigenvalue weighted by molar-refractivity contribution is -0.887. The Morgan fingerprint density at radius 2 is 1.02 bits per heavy atom. The van der Waals surface area contributed by atoms with Gasteiger partial charge in [-0.3, -0.25) is 9.59 Å². The number of likely N-dealkylation sites (N-methyl/N-ethyl adjacent to an activating group) is 1. The smallest absolute Gasteiger partial charge is 0.362 e. The fraction of sp³-hybridized carbons (Fsp3) is 0.809. The van der Waals surface area contributed by atoms with Crippen LogP contribution in [-0.2, 0) is 28.6 Å². The summed E-state index contributed by atoms with van der Waals surface area (Å²) in [5, 5.41) is 9.62. The average Bonchev–Trinajstić information content (AvgIpc) is 3.14. The SMILES string of the molecule is CC/C=C/C=C/C=C/CCCCCCCCCC(=O)OCC(COCCC(C(=O)O)[N+](C)(C)C)OC(=O)CCCCCCCCCCCCCCCCCC. The quantitative estimate of drug-likeness (QED) is 0.0286. The first-order valence-corrected chi connectivity index (χ1v) is 22.6. The van der Waals surface area contributed by atoms with E-state index in [2.05, 4.69) is 50.3 Å². The number of unbranched alkanes of at least 4 members (excludes halogenated alkanes) is 22. The second kappa shape index (κ2) is 38.4. The molecular formula is C47H86NO7+. The largest absolute Gasteiger partial charge is 0.477 e. The first-order valence-electron chi connectivity index (χ1n) is 22.6. The molecule has 0 aromatic carbocycles. The molecule has 0 aliphatic heterocycles. The van der Waals surface area contributed by atoms with Gasteiger partial charge in [0.2, 0.25) is 0 Å². The second-order valence-electron chi connectivity index (χ2n) is 16.3. The Bertz CT molecular complexity index is 1000. The van der Waals surface area contributed by atoms with Crippen LogP contribution in [0.25, 0.3) is 0 Å². The lowest BCUT2D eigenvalue weighted by atomic mass is 10.0. The Hall–Kier alpha value is -2.45. The van der Waals surface area contributed by atoms with E-state index in [0.717, 1.165) is 51.4 Å². The molecule has 0 heterocycles. The Kier molecular flexibility index (Phi) is 36.7. The lowest BCUT2D eigenvalue weighted by Gasteiger charge is -2.31. The molecule has 0 amide bonds. The zero-order chi connectivity index (χ0) is 40.7. The van der Waals surface area contributed by atoms with Crippen LogP contribution in [0.15, 0.2) is 36.5 Å². The topological polar surface area (TPSA) is 99.1 Å². The van der Waals surface area contributed by atoms with Crippen molar-refractivity contribution in [1.29, 1.82) is 0 Å². The fourth-order valence-electron chi connectivity index (χ4n) is 6.62. The number of carbonyl (C=O) groups is 3. The highest BCUT2D eigenvalue weighted by Gasteiger charge is 2.31. The molecule has 0 fully saturated rings. The summed E-state index contributed by atoms with van der Waals surface area (Å²) >= 11 is 0. The molecule has 0 aliphatic rings. The van der Waals surface area contributed by atoms with E-state index in [-0.39, 0.29) is 36.2 Å². The number of rotatable bonds is 40. The predicted octanol–water partition coefficient (Wildman–Crippen LogP) is 12.2. The van der Waals surface area contributed by atoms with Crippen molar-refractivity contribution in [2.45, 2.75) is 206 Å². The molecule has 55 heavy (non-hydrogen) atoms. The molecule has 0 saturated heterocycles. The standard InChI is InChI=1S/C47H85NO7/c1-6-8-10-12-14-16-18-20-22-24-26-28-30-32-34-36-38-46(50)55-43(41-53-40-39-44(47(51)52)48(3,4)5)42-54-45(49)37-35-33-31-29-27-25-23-21-19-17-15-13-11-9-7-2/h9,11,13,15,17,19,43-44H,6-8,10,12,14,16,18,20-42H2,1-5H3/p+1/b11-9+,15-13+,19-17+. The van der Waals surface area contributed by atoms with Crippen LogP contribution in [0.1, 0.15) is 194 Å². The number of carboxylic acids is 1. The summed E-state index contributed by atoms with van der Waals surface area (Å²) < 4.78 is 17.3.